The number of amides is 1. The zero-order valence-corrected chi connectivity index (χ0v) is 12.2. The van der Waals surface area contributed by atoms with Crippen molar-refractivity contribution in [3.63, 3.8) is 0 Å². The number of hydrogen-bond donors (Lipinski definition) is 2. The average molecular weight is 283 g/mol. The van der Waals surface area contributed by atoms with E-state index in [1.54, 1.807) is 0 Å². The Bertz CT molecular complexity index is 349. The minimum Gasteiger partial charge on any atom is -0.469 e. The maximum atomic E-state index is 11.9. The minimum absolute atomic E-state index is 0.0578. The minimum atomic E-state index is -0.227. The summed E-state index contributed by atoms with van der Waals surface area (Å²) in [6.07, 6.45) is 3.44. The fourth-order valence-electron chi connectivity index (χ4n) is 3.16. The monoisotopic (exact) mass is 283 g/mol. The predicted octanol–water partition coefficient (Wildman–Crippen LogP) is -0.260. The molecule has 2 heterocycles. The van der Waals surface area contributed by atoms with E-state index in [2.05, 4.69) is 20.3 Å². The van der Waals surface area contributed by atoms with Gasteiger partial charge in [-0.1, -0.05) is 0 Å². The topological polar surface area (TPSA) is 70.7 Å². The highest BCUT2D eigenvalue weighted by atomic mass is 16.5. The largest absolute Gasteiger partial charge is 0.469 e. The number of carbonyl (C=O) groups is 2. The molecule has 0 aliphatic carbocycles. The van der Waals surface area contributed by atoms with Crippen LogP contribution in [0.5, 0.6) is 0 Å². The Kier molecular flexibility index (Phi) is 5.79. The lowest BCUT2D eigenvalue weighted by Gasteiger charge is -2.36. The van der Waals surface area contributed by atoms with Crippen LogP contribution in [0.1, 0.15) is 25.7 Å². The molecular formula is C14H25N3O3. The van der Waals surface area contributed by atoms with Gasteiger partial charge in [0.15, 0.2) is 0 Å². The predicted molar refractivity (Wildman–Crippen MR) is 75.2 cm³/mol. The first-order valence-electron chi connectivity index (χ1n) is 7.49. The van der Waals surface area contributed by atoms with E-state index in [1.807, 2.05) is 0 Å². The number of piperidine rings is 1. The van der Waals surface area contributed by atoms with Crippen molar-refractivity contribution in [3.8, 4) is 0 Å². The van der Waals surface area contributed by atoms with Gasteiger partial charge in [-0.05, 0) is 38.3 Å². The summed E-state index contributed by atoms with van der Waals surface area (Å²) in [6.45, 7) is 4.11. The Hall–Kier alpha value is -1.14. The van der Waals surface area contributed by atoms with Crippen molar-refractivity contribution in [2.75, 3.05) is 39.8 Å². The molecule has 114 valence electrons. The van der Waals surface area contributed by atoms with Crippen molar-refractivity contribution >= 4 is 11.9 Å². The van der Waals surface area contributed by atoms with Gasteiger partial charge in [-0.2, -0.15) is 0 Å². The molecule has 0 bridgehead atoms. The third-order valence-electron chi connectivity index (χ3n) is 4.25. The van der Waals surface area contributed by atoms with Gasteiger partial charge in [0.2, 0.25) is 5.91 Å². The normalized spacial score (nSPS) is 26.1. The lowest BCUT2D eigenvalue weighted by molar-refractivity contribution is -0.140. The van der Waals surface area contributed by atoms with Gasteiger partial charge in [0.25, 0.3) is 0 Å². The van der Waals surface area contributed by atoms with E-state index >= 15 is 0 Å². The van der Waals surface area contributed by atoms with E-state index in [0.29, 0.717) is 37.9 Å². The lowest BCUT2D eigenvalue weighted by atomic mass is 9.92. The number of rotatable bonds is 6. The fourth-order valence-corrected chi connectivity index (χ4v) is 3.16. The van der Waals surface area contributed by atoms with Gasteiger partial charge >= 0.3 is 5.97 Å². The van der Waals surface area contributed by atoms with Gasteiger partial charge in [0.05, 0.1) is 13.7 Å². The van der Waals surface area contributed by atoms with E-state index in [-0.39, 0.29) is 11.9 Å². The lowest BCUT2D eigenvalue weighted by Crippen LogP contribution is -2.49. The number of carbonyl (C=O) groups excluding carboxylic acids is 2. The van der Waals surface area contributed by atoms with Crippen LogP contribution in [0, 0.1) is 5.92 Å². The molecule has 2 atom stereocenters. The van der Waals surface area contributed by atoms with Crippen LogP contribution in [-0.4, -0.2) is 62.7 Å². The van der Waals surface area contributed by atoms with Crippen LogP contribution in [0.3, 0.4) is 0 Å². The third kappa shape index (κ3) is 4.18. The van der Waals surface area contributed by atoms with Crippen LogP contribution in [0.4, 0.5) is 0 Å². The van der Waals surface area contributed by atoms with Crippen LogP contribution in [0.2, 0.25) is 0 Å². The number of nitrogens with one attached hydrogen (secondary N) is 2. The Morgan fingerprint density at radius 3 is 3.05 bits per heavy atom. The van der Waals surface area contributed by atoms with Crippen molar-refractivity contribution in [3.05, 3.63) is 0 Å². The second kappa shape index (κ2) is 7.59. The molecule has 0 radical (unpaired) electrons. The highest BCUT2D eigenvalue weighted by Gasteiger charge is 2.35. The molecular weight excluding hydrogens is 258 g/mol. The van der Waals surface area contributed by atoms with Gasteiger partial charge < -0.3 is 15.4 Å². The molecule has 0 spiro atoms. The number of methoxy groups -OCH3 is 1. The summed E-state index contributed by atoms with van der Waals surface area (Å²) >= 11 is 0. The van der Waals surface area contributed by atoms with Gasteiger partial charge in [-0.3, -0.25) is 14.5 Å². The highest BCUT2D eigenvalue weighted by molar-refractivity contribution is 5.78. The summed E-state index contributed by atoms with van der Waals surface area (Å²) in [5.74, 6) is 0.536. The first-order valence-corrected chi connectivity index (χ1v) is 7.49. The number of hydrogen-bond acceptors (Lipinski definition) is 5. The van der Waals surface area contributed by atoms with E-state index in [9.17, 15) is 9.59 Å². The molecule has 0 aromatic carbocycles. The van der Waals surface area contributed by atoms with Gasteiger partial charge in [-0.25, -0.2) is 0 Å². The summed E-state index contributed by atoms with van der Waals surface area (Å²) in [5, 5.41) is 6.29. The number of nitrogens with zero attached hydrogens (tertiary/aromatic N) is 1. The molecule has 0 saturated carbocycles. The Balaban J connectivity index is 1.65. The van der Waals surface area contributed by atoms with Crippen molar-refractivity contribution in [1.29, 1.82) is 0 Å². The standard InChI is InChI=1S/C14H25N3O3/c1-20-14(19)5-2-6-16-13(18)10-17-7-3-4-11-8-15-9-12(11)17/h11-12,15H,2-10H2,1H3,(H,16,18). The van der Waals surface area contributed by atoms with Crippen molar-refractivity contribution in [1.82, 2.24) is 15.5 Å². The number of esters is 1. The van der Waals surface area contributed by atoms with Gasteiger partial charge in [-0.15, -0.1) is 0 Å². The second-order valence-corrected chi connectivity index (χ2v) is 5.63. The summed E-state index contributed by atoms with van der Waals surface area (Å²) < 4.78 is 4.56. The molecule has 0 aromatic rings. The van der Waals surface area contributed by atoms with Crippen LogP contribution in [0.25, 0.3) is 0 Å². The smallest absolute Gasteiger partial charge is 0.305 e. The Morgan fingerprint density at radius 1 is 1.40 bits per heavy atom. The van der Waals surface area contributed by atoms with Gasteiger partial charge in [0.1, 0.15) is 0 Å². The van der Waals surface area contributed by atoms with Crippen LogP contribution >= 0.6 is 0 Å². The number of fused-ring (bicyclic) bond motifs is 1. The maximum absolute atomic E-state index is 11.9. The first-order chi connectivity index (χ1) is 9.70. The van der Waals surface area contributed by atoms with Crippen molar-refractivity contribution < 1.29 is 14.3 Å². The molecule has 2 unspecified atom stereocenters. The van der Waals surface area contributed by atoms with Crippen LogP contribution < -0.4 is 10.6 Å². The molecule has 6 heteroatoms. The summed E-state index contributed by atoms with van der Waals surface area (Å²) in [5.41, 5.74) is 0. The van der Waals surface area contributed by atoms with Crippen molar-refractivity contribution in [2.24, 2.45) is 5.92 Å². The fraction of sp³-hybridized carbons (Fsp3) is 0.857. The van der Waals surface area contributed by atoms with E-state index in [0.717, 1.165) is 19.6 Å². The Labute approximate surface area is 120 Å². The first kappa shape index (κ1) is 15.3. The summed E-state index contributed by atoms with van der Waals surface area (Å²) in [6, 6.07) is 0.518. The molecule has 2 aliphatic heterocycles. The molecule has 0 aromatic heterocycles. The third-order valence-corrected chi connectivity index (χ3v) is 4.25. The van der Waals surface area contributed by atoms with Crippen molar-refractivity contribution in [2.45, 2.75) is 31.7 Å². The molecule has 20 heavy (non-hydrogen) atoms. The summed E-state index contributed by atoms with van der Waals surface area (Å²) in [4.78, 5) is 25.2. The second-order valence-electron chi connectivity index (χ2n) is 5.63. The van der Waals surface area contributed by atoms with E-state index < -0.39 is 0 Å². The van der Waals surface area contributed by atoms with E-state index in [4.69, 9.17) is 0 Å². The molecule has 2 rings (SSSR count). The molecule has 1 amide bonds. The average Bonchev–Trinajstić information content (AvgIpc) is 2.93. The van der Waals surface area contributed by atoms with Crippen LogP contribution in [-0.2, 0) is 14.3 Å². The highest BCUT2D eigenvalue weighted by Crippen LogP contribution is 2.25. The summed E-state index contributed by atoms with van der Waals surface area (Å²) in [7, 11) is 1.38. The number of ether oxygens (including phenoxy) is 1. The zero-order valence-electron chi connectivity index (χ0n) is 12.2. The molecule has 6 nitrogen and oxygen atoms in total. The number of likely N-dealkylation sites (tertiary alicyclic amines) is 1. The maximum Gasteiger partial charge on any atom is 0.305 e. The zero-order chi connectivity index (χ0) is 14.4. The molecule has 2 aliphatic rings. The molecule has 2 N–H and O–H groups in total. The molecule has 2 fully saturated rings. The Morgan fingerprint density at radius 2 is 2.25 bits per heavy atom. The quantitative estimate of drug-likeness (QED) is 0.519. The van der Waals surface area contributed by atoms with Crippen LogP contribution in [0.15, 0.2) is 0 Å². The SMILES string of the molecule is COC(=O)CCCNC(=O)CN1CCCC2CNCC21. The van der Waals surface area contributed by atoms with E-state index in [1.165, 1.54) is 20.0 Å². The molecule has 2 saturated heterocycles. The van der Waals surface area contributed by atoms with Gasteiger partial charge in [0, 0.05) is 25.6 Å².